The molecule has 2 fully saturated rings. The van der Waals surface area contributed by atoms with Crippen molar-refractivity contribution in [2.45, 2.75) is 82.9 Å². The summed E-state index contributed by atoms with van der Waals surface area (Å²) in [6.45, 7) is 8.61. The predicted molar refractivity (Wildman–Crippen MR) is 155 cm³/mol. The molecule has 1 saturated carbocycles. The van der Waals surface area contributed by atoms with E-state index in [0.29, 0.717) is 17.9 Å². The van der Waals surface area contributed by atoms with Gasteiger partial charge in [-0.15, -0.1) is 0 Å². The van der Waals surface area contributed by atoms with Crippen molar-refractivity contribution < 1.29 is 37.4 Å². The fourth-order valence-electron chi connectivity index (χ4n) is 5.24. The van der Waals surface area contributed by atoms with Crippen LogP contribution in [0.25, 0.3) is 11.2 Å². The van der Waals surface area contributed by atoms with Crippen molar-refractivity contribution in [2.75, 3.05) is 24.2 Å². The number of para-hydroxylation sites is 1. The summed E-state index contributed by atoms with van der Waals surface area (Å²) in [4.78, 5) is 27.3. The molecule has 234 valence electrons. The van der Waals surface area contributed by atoms with Gasteiger partial charge in [0.1, 0.15) is 24.0 Å². The molecule has 1 aliphatic carbocycles. The van der Waals surface area contributed by atoms with Crippen molar-refractivity contribution >= 4 is 36.6 Å². The minimum Gasteiger partial charge on any atom is -0.462 e. The molecule has 0 bridgehead atoms. The van der Waals surface area contributed by atoms with Crippen molar-refractivity contribution in [1.82, 2.24) is 24.6 Å². The number of anilines is 2. The summed E-state index contributed by atoms with van der Waals surface area (Å²) in [6, 6.07) is 6.98. The zero-order valence-electron chi connectivity index (χ0n) is 24.8. The van der Waals surface area contributed by atoms with Crippen molar-refractivity contribution in [2.24, 2.45) is 0 Å². The molecule has 14 nitrogen and oxygen atoms in total. The summed E-state index contributed by atoms with van der Waals surface area (Å²) in [6.07, 6.45) is -2.25. The predicted octanol–water partition coefficient (Wildman–Crippen LogP) is 3.13. The SMILES string of the molecule is CCCN(C)c1nc(N)nc2c1ncn2[C@@H]1O[C@@H]2C(O[P@@](=O)(N[C@@H](C)C(=O)OC(C)C)Oc3ccccc3)[C@]2(O)[C@@]1(C)F. The van der Waals surface area contributed by atoms with E-state index in [2.05, 4.69) is 20.0 Å². The van der Waals surface area contributed by atoms with Crippen LogP contribution in [0.5, 0.6) is 5.75 Å². The number of carbonyl (C=O) groups is 1. The zero-order valence-corrected chi connectivity index (χ0v) is 25.7. The third kappa shape index (κ3) is 5.55. The number of rotatable bonds is 12. The van der Waals surface area contributed by atoms with Gasteiger partial charge in [-0.3, -0.25) is 13.9 Å². The number of benzene rings is 1. The van der Waals surface area contributed by atoms with Crippen LogP contribution in [0.4, 0.5) is 16.2 Å². The second-order valence-corrected chi connectivity index (χ2v) is 12.9. The quantitative estimate of drug-likeness (QED) is 0.199. The summed E-state index contributed by atoms with van der Waals surface area (Å²) >= 11 is 0. The first-order valence-electron chi connectivity index (χ1n) is 14.0. The van der Waals surface area contributed by atoms with E-state index in [-0.39, 0.29) is 17.3 Å². The molecule has 3 heterocycles. The Morgan fingerprint density at radius 3 is 2.60 bits per heavy atom. The normalized spacial score (nSPS) is 28.3. The van der Waals surface area contributed by atoms with E-state index in [1.807, 2.05) is 18.9 Å². The Kier molecular flexibility index (Phi) is 8.16. The third-order valence-corrected chi connectivity index (χ3v) is 9.09. The lowest BCUT2D eigenvalue weighted by atomic mass is 9.97. The van der Waals surface area contributed by atoms with Gasteiger partial charge in [0.2, 0.25) is 5.95 Å². The lowest BCUT2D eigenvalue weighted by Crippen LogP contribution is -2.45. The molecule has 0 radical (unpaired) electrons. The fourth-order valence-corrected chi connectivity index (χ4v) is 6.95. The number of hydrogen-bond acceptors (Lipinski definition) is 12. The lowest BCUT2D eigenvalue weighted by Gasteiger charge is -2.32. The molecule has 1 aromatic carbocycles. The number of nitrogen functional groups attached to an aromatic ring is 1. The number of alkyl halides is 1. The molecule has 2 aromatic heterocycles. The molecule has 2 aliphatic rings. The molecule has 16 heteroatoms. The van der Waals surface area contributed by atoms with Gasteiger partial charge in [0.25, 0.3) is 0 Å². The molecule has 4 N–H and O–H groups in total. The summed E-state index contributed by atoms with van der Waals surface area (Å²) in [5.74, 6) is -0.102. The van der Waals surface area contributed by atoms with Crippen LogP contribution in [0.2, 0.25) is 0 Å². The summed E-state index contributed by atoms with van der Waals surface area (Å²) in [7, 11) is -2.57. The summed E-state index contributed by atoms with van der Waals surface area (Å²) in [5.41, 5.74) is 1.88. The topological polar surface area (TPSA) is 176 Å². The molecule has 3 aromatic rings. The third-order valence-electron chi connectivity index (χ3n) is 7.43. The number of ether oxygens (including phenoxy) is 2. The summed E-state index contributed by atoms with van der Waals surface area (Å²) < 4.78 is 54.6. The van der Waals surface area contributed by atoms with Gasteiger partial charge >= 0.3 is 13.7 Å². The highest BCUT2D eigenvalue weighted by Gasteiger charge is 2.85. The van der Waals surface area contributed by atoms with Crippen molar-refractivity contribution in [1.29, 1.82) is 0 Å². The first kappa shape index (κ1) is 31.1. The molecule has 5 rings (SSSR count). The summed E-state index contributed by atoms with van der Waals surface area (Å²) in [5, 5.41) is 14.1. The van der Waals surface area contributed by atoms with Crippen molar-refractivity contribution in [3.05, 3.63) is 36.7 Å². The molecule has 0 amide bonds. The van der Waals surface area contributed by atoms with Gasteiger partial charge in [-0.05, 0) is 46.2 Å². The Morgan fingerprint density at radius 1 is 1.30 bits per heavy atom. The Hall–Kier alpha value is -3.36. The second-order valence-electron chi connectivity index (χ2n) is 11.2. The van der Waals surface area contributed by atoms with Crippen molar-refractivity contribution in [3.8, 4) is 5.75 Å². The molecule has 43 heavy (non-hydrogen) atoms. The van der Waals surface area contributed by atoms with Crippen LogP contribution < -0.4 is 20.2 Å². The van der Waals surface area contributed by atoms with Crippen LogP contribution in [-0.4, -0.2) is 79.8 Å². The average Bonchev–Trinajstić information content (AvgIpc) is 3.18. The van der Waals surface area contributed by atoms with Gasteiger partial charge in [0, 0.05) is 13.6 Å². The maximum absolute atomic E-state index is 16.6. The Balaban J connectivity index is 1.41. The maximum Gasteiger partial charge on any atom is 0.459 e. The van der Waals surface area contributed by atoms with Crippen LogP contribution in [0, 0.1) is 0 Å². The van der Waals surface area contributed by atoms with Gasteiger partial charge in [0.15, 0.2) is 34.5 Å². The Labute approximate surface area is 248 Å². The molecule has 7 atom stereocenters. The van der Waals surface area contributed by atoms with Crippen LogP contribution in [0.1, 0.15) is 47.3 Å². The molecule has 1 saturated heterocycles. The second kappa shape index (κ2) is 11.3. The van der Waals surface area contributed by atoms with E-state index in [0.717, 1.165) is 13.3 Å². The molecule has 1 aliphatic heterocycles. The number of aromatic nitrogens is 4. The number of fused-ring (bicyclic) bond motifs is 2. The van der Waals surface area contributed by atoms with Gasteiger partial charge in [-0.1, -0.05) is 25.1 Å². The van der Waals surface area contributed by atoms with Gasteiger partial charge < -0.3 is 29.7 Å². The van der Waals surface area contributed by atoms with Gasteiger partial charge in [-0.25, -0.2) is 13.9 Å². The number of carbonyl (C=O) groups excluding carboxylic acids is 1. The standard InChI is InChI=1S/C27H37FN7O7P/c1-7-13-34(6)21-18-22(32-25(29)31-21)35(14-30-18)24-26(5,28)27(37)19(40-24)20(27)42-43(38,41-17-11-9-8-10-12-17)33-16(4)23(36)39-15(2)3/h8-12,14-16,19-20,24,37H,7,13H2,1-6H3,(H,33,38)(H2,29,31,32)/t16-,19+,20?,24+,26-,27-,43+/m0/s1. The van der Waals surface area contributed by atoms with Crippen molar-refractivity contribution in [3.63, 3.8) is 0 Å². The minimum absolute atomic E-state index is 0.0361. The highest BCUT2D eigenvalue weighted by molar-refractivity contribution is 7.52. The highest BCUT2D eigenvalue weighted by atomic mass is 31.2. The van der Waals surface area contributed by atoms with E-state index >= 15 is 4.39 Å². The molecule has 0 spiro atoms. The number of nitrogens with one attached hydrogen (secondary N) is 1. The molecular weight excluding hydrogens is 584 g/mol. The smallest absolute Gasteiger partial charge is 0.459 e. The van der Waals surface area contributed by atoms with Gasteiger partial charge in [-0.2, -0.15) is 15.1 Å². The van der Waals surface area contributed by atoms with Crippen LogP contribution in [0.3, 0.4) is 0 Å². The fraction of sp³-hybridized carbons (Fsp3) is 0.556. The number of aliphatic hydroxyl groups is 1. The zero-order chi connectivity index (χ0) is 31.3. The minimum atomic E-state index is -4.41. The maximum atomic E-state index is 16.6. The number of imidazole rings is 1. The molecule has 1 unspecified atom stereocenters. The average molecular weight is 622 g/mol. The number of nitrogens with two attached hydrogens (primary N) is 1. The van der Waals surface area contributed by atoms with E-state index in [1.165, 1.54) is 30.0 Å². The number of nitrogens with zero attached hydrogens (tertiary/aromatic N) is 5. The van der Waals surface area contributed by atoms with E-state index in [9.17, 15) is 14.5 Å². The number of esters is 1. The van der Waals surface area contributed by atoms with E-state index in [1.54, 1.807) is 32.0 Å². The largest absolute Gasteiger partial charge is 0.462 e. The Morgan fingerprint density at radius 2 is 2.00 bits per heavy atom. The monoisotopic (exact) mass is 621 g/mol. The van der Waals surface area contributed by atoms with E-state index in [4.69, 9.17) is 24.3 Å². The Bertz CT molecular complexity index is 1540. The first-order chi connectivity index (χ1) is 20.2. The van der Waals surface area contributed by atoms with Crippen LogP contribution in [-0.2, 0) is 23.4 Å². The number of halogens is 1. The highest BCUT2D eigenvalue weighted by Crippen LogP contribution is 2.66. The van der Waals surface area contributed by atoms with Gasteiger partial charge in [0.05, 0.1) is 12.4 Å². The van der Waals surface area contributed by atoms with Crippen LogP contribution in [0.15, 0.2) is 36.7 Å². The van der Waals surface area contributed by atoms with Crippen LogP contribution >= 0.6 is 7.75 Å². The number of hydrogen-bond donors (Lipinski definition) is 3. The first-order valence-corrected chi connectivity index (χ1v) is 15.6. The molecular formula is C27H37FN7O7P. The van der Waals surface area contributed by atoms with E-state index < -0.39 is 55.6 Å². The lowest BCUT2D eigenvalue weighted by molar-refractivity contribution is -0.149.